The Labute approximate surface area is 82.6 Å². The number of esters is 1. The molecule has 82 valence electrons. The number of ether oxygens (including phenoxy) is 1. The molecular weight excluding hydrogens is 188 g/mol. The summed E-state index contributed by atoms with van der Waals surface area (Å²) in [6.07, 6.45) is 0.655. The van der Waals surface area contributed by atoms with Crippen molar-refractivity contribution < 1.29 is 24.9 Å². The first-order chi connectivity index (χ1) is 6.61. The van der Waals surface area contributed by atoms with Crippen molar-refractivity contribution >= 4 is 5.97 Å². The SMILES string of the molecule is CC(=CC(O)CCO)C(=O)OCCO. The van der Waals surface area contributed by atoms with Crippen LogP contribution >= 0.6 is 0 Å². The van der Waals surface area contributed by atoms with Crippen LogP contribution in [0.2, 0.25) is 0 Å². The van der Waals surface area contributed by atoms with E-state index >= 15 is 0 Å². The van der Waals surface area contributed by atoms with Gasteiger partial charge in [-0.05, 0) is 13.0 Å². The highest BCUT2D eigenvalue weighted by Gasteiger charge is 2.07. The third kappa shape index (κ3) is 5.69. The maximum Gasteiger partial charge on any atom is 0.333 e. The Bertz CT molecular complexity index is 199. The summed E-state index contributed by atoms with van der Waals surface area (Å²) in [5.41, 5.74) is 0.263. The Kier molecular flexibility index (Phi) is 7.00. The quantitative estimate of drug-likeness (QED) is 0.390. The van der Waals surface area contributed by atoms with Gasteiger partial charge in [0, 0.05) is 18.6 Å². The molecule has 0 aliphatic heterocycles. The Morgan fingerprint density at radius 1 is 1.43 bits per heavy atom. The zero-order valence-corrected chi connectivity index (χ0v) is 8.14. The van der Waals surface area contributed by atoms with Crippen molar-refractivity contribution in [1.29, 1.82) is 0 Å². The molecule has 1 unspecified atom stereocenters. The predicted octanol–water partition coefficient (Wildman–Crippen LogP) is -0.789. The number of hydrogen-bond donors (Lipinski definition) is 3. The highest BCUT2D eigenvalue weighted by atomic mass is 16.5. The van der Waals surface area contributed by atoms with Crippen molar-refractivity contribution in [3.8, 4) is 0 Å². The molecule has 0 radical (unpaired) electrons. The van der Waals surface area contributed by atoms with E-state index in [2.05, 4.69) is 4.74 Å². The normalized spacial score (nSPS) is 13.9. The van der Waals surface area contributed by atoms with E-state index in [1.165, 1.54) is 13.0 Å². The molecule has 5 nitrogen and oxygen atoms in total. The fraction of sp³-hybridized carbons (Fsp3) is 0.667. The van der Waals surface area contributed by atoms with E-state index in [1.807, 2.05) is 0 Å². The second-order valence-electron chi connectivity index (χ2n) is 2.79. The highest BCUT2D eigenvalue weighted by molar-refractivity contribution is 5.87. The van der Waals surface area contributed by atoms with E-state index < -0.39 is 12.1 Å². The molecule has 0 heterocycles. The van der Waals surface area contributed by atoms with Crippen LogP contribution < -0.4 is 0 Å². The fourth-order valence-corrected chi connectivity index (χ4v) is 0.824. The second-order valence-corrected chi connectivity index (χ2v) is 2.79. The van der Waals surface area contributed by atoms with Gasteiger partial charge in [0.05, 0.1) is 12.7 Å². The molecule has 0 aromatic rings. The summed E-state index contributed by atoms with van der Waals surface area (Å²) in [4.78, 5) is 11.1. The molecule has 14 heavy (non-hydrogen) atoms. The Balaban J connectivity index is 4.01. The summed E-state index contributed by atoms with van der Waals surface area (Å²) in [5.74, 6) is -0.573. The van der Waals surface area contributed by atoms with Gasteiger partial charge in [-0.1, -0.05) is 0 Å². The molecule has 0 aliphatic carbocycles. The van der Waals surface area contributed by atoms with Gasteiger partial charge in [-0.25, -0.2) is 4.79 Å². The van der Waals surface area contributed by atoms with Crippen LogP contribution in [0.25, 0.3) is 0 Å². The Morgan fingerprint density at radius 2 is 2.07 bits per heavy atom. The van der Waals surface area contributed by atoms with Crippen LogP contribution in [0.4, 0.5) is 0 Å². The van der Waals surface area contributed by atoms with E-state index in [9.17, 15) is 9.90 Å². The fourth-order valence-electron chi connectivity index (χ4n) is 0.824. The van der Waals surface area contributed by atoms with Gasteiger partial charge in [0.25, 0.3) is 0 Å². The molecule has 0 saturated carbocycles. The molecule has 0 aromatic heterocycles. The molecule has 0 amide bonds. The summed E-state index contributed by atoms with van der Waals surface area (Å²) < 4.78 is 4.60. The lowest BCUT2D eigenvalue weighted by atomic mass is 10.2. The Morgan fingerprint density at radius 3 is 2.57 bits per heavy atom. The molecule has 0 fully saturated rings. The summed E-state index contributed by atoms with van der Waals surface area (Å²) >= 11 is 0. The molecule has 0 saturated heterocycles. The van der Waals surface area contributed by atoms with Crippen molar-refractivity contribution in [2.75, 3.05) is 19.8 Å². The van der Waals surface area contributed by atoms with Gasteiger partial charge >= 0.3 is 5.97 Å². The van der Waals surface area contributed by atoms with Gasteiger partial charge in [-0.15, -0.1) is 0 Å². The van der Waals surface area contributed by atoms with Crippen LogP contribution in [0.1, 0.15) is 13.3 Å². The number of carbonyl (C=O) groups is 1. The van der Waals surface area contributed by atoms with E-state index in [-0.39, 0.29) is 31.8 Å². The smallest absolute Gasteiger partial charge is 0.333 e. The minimum atomic E-state index is -0.846. The summed E-state index contributed by atoms with van der Waals surface area (Å²) in [6.45, 7) is 1.08. The summed E-state index contributed by atoms with van der Waals surface area (Å²) in [7, 11) is 0. The highest BCUT2D eigenvalue weighted by Crippen LogP contribution is 2.01. The average Bonchev–Trinajstić information content (AvgIpc) is 2.14. The van der Waals surface area contributed by atoms with Crippen molar-refractivity contribution in [3.63, 3.8) is 0 Å². The van der Waals surface area contributed by atoms with Gasteiger partial charge in [0.1, 0.15) is 6.61 Å². The van der Waals surface area contributed by atoms with Gasteiger partial charge in [0.2, 0.25) is 0 Å². The van der Waals surface area contributed by atoms with E-state index in [1.54, 1.807) is 0 Å². The van der Waals surface area contributed by atoms with Gasteiger partial charge < -0.3 is 20.1 Å². The number of rotatable bonds is 6. The number of carbonyl (C=O) groups excluding carboxylic acids is 1. The minimum absolute atomic E-state index is 0.0554. The lowest BCUT2D eigenvalue weighted by Crippen LogP contribution is -2.12. The monoisotopic (exact) mass is 204 g/mol. The van der Waals surface area contributed by atoms with Crippen LogP contribution in [0, 0.1) is 0 Å². The zero-order chi connectivity index (χ0) is 11.0. The molecule has 1 atom stereocenters. The van der Waals surface area contributed by atoms with Crippen LogP contribution in [-0.2, 0) is 9.53 Å². The molecule has 0 bridgehead atoms. The molecule has 0 aliphatic rings. The molecule has 0 rings (SSSR count). The number of aliphatic hydroxyl groups excluding tert-OH is 3. The van der Waals surface area contributed by atoms with Crippen LogP contribution in [-0.4, -0.2) is 47.2 Å². The molecule has 0 spiro atoms. The lowest BCUT2D eigenvalue weighted by molar-refractivity contribution is -0.140. The van der Waals surface area contributed by atoms with Crippen molar-refractivity contribution in [2.24, 2.45) is 0 Å². The maximum atomic E-state index is 11.1. The van der Waals surface area contributed by atoms with E-state index in [0.29, 0.717) is 0 Å². The van der Waals surface area contributed by atoms with Gasteiger partial charge in [0.15, 0.2) is 0 Å². The number of aliphatic hydroxyl groups is 3. The van der Waals surface area contributed by atoms with Crippen molar-refractivity contribution in [2.45, 2.75) is 19.4 Å². The number of hydrogen-bond acceptors (Lipinski definition) is 5. The zero-order valence-electron chi connectivity index (χ0n) is 8.14. The predicted molar refractivity (Wildman–Crippen MR) is 49.5 cm³/mol. The molecule has 3 N–H and O–H groups in total. The standard InChI is InChI=1S/C9H16O5/c1-7(6-8(12)2-3-10)9(13)14-5-4-11/h6,8,10-12H,2-5H2,1H3. The third-order valence-corrected chi connectivity index (χ3v) is 1.51. The average molecular weight is 204 g/mol. The molecule has 0 aromatic carbocycles. The second kappa shape index (κ2) is 7.49. The topological polar surface area (TPSA) is 87.0 Å². The van der Waals surface area contributed by atoms with E-state index in [4.69, 9.17) is 10.2 Å². The van der Waals surface area contributed by atoms with Crippen molar-refractivity contribution in [1.82, 2.24) is 0 Å². The first-order valence-corrected chi connectivity index (χ1v) is 4.37. The van der Waals surface area contributed by atoms with Gasteiger partial charge in [-0.2, -0.15) is 0 Å². The summed E-state index contributed by atoms with van der Waals surface area (Å²) in [5, 5.41) is 26.1. The van der Waals surface area contributed by atoms with Crippen LogP contribution in [0.3, 0.4) is 0 Å². The molecule has 5 heteroatoms. The molecular formula is C9H16O5. The van der Waals surface area contributed by atoms with E-state index in [0.717, 1.165) is 0 Å². The van der Waals surface area contributed by atoms with Crippen LogP contribution in [0.5, 0.6) is 0 Å². The first kappa shape index (κ1) is 13.1. The first-order valence-electron chi connectivity index (χ1n) is 4.37. The van der Waals surface area contributed by atoms with Gasteiger partial charge in [-0.3, -0.25) is 0 Å². The third-order valence-electron chi connectivity index (χ3n) is 1.51. The largest absolute Gasteiger partial charge is 0.460 e. The van der Waals surface area contributed by atoms with Crippen LogP contribution in [0.15, 0.2) is 11.6 Å². The summed E-state index contributed by atoms with van der Waals surface area (Å²) in [6, 6.07) is 0. The minimum Gasteiger partial charge on any atom is -0.460 e. The maximum absolute atomic E-state index is 11.1. The lowest BCUT2D eigenvalue weighted by Gasteiger charge is -2.06. The Hall–Kier alpha value is -0.910. The van der Waals surface area contributed by atoms with Crippen molar-refractivity contribution in [3.05, 3.63) is 11.6 Å².